The van der Waals surface area contributed by atoms with Crippen LogP contribution in [0, 0.1) is 0 Å². The van der Waals surface area contributed by atoms with E-state index in [9.17, 15) is 0 Å². The first-order valence-corrected chi connectivity index (χ1v) is 14.1. The van der Waals surface area contributed by atoms with Crippen LogP contribution in [-0.4, -0.2) is 17.6 Å². The van der Waals surface area contributed by atoms with Crippen molar-refractivity contribution in [1.82, 2.24) is 0 Å². The topological polar surface area (TPSA) is 0 Å². The molecule has 0 heterocycles. The quantitative estimate of drug-likeness (QED) is 0.644. The maximum absolute atomic E-state index is 2.37. The Morgan fingerprint density at radius 3 is 1.14 bits per heavy atom. The standard InChI is InChI=1S/C20H26Si2/c1-21(2)15-13-17-5-9-19(10-6-17)20-11-7-18(8-12-20)14-16-22(3)4/h5-16,21-22H,1-4H3. The highest BCUT2D eigenvalue weighted by Crippen LogP contribution is 2.21. The van der Waals surface area contributed by atoms with Crippen LogP contribution in [0.2, 0.25) is 26.2 Å². The first-order valence-electron chi connectivity index (χ1n) is 8.11. The molecular weight excluding hydrogens is 296 g/mol. The highest BCUT2D eigenvalue weighted by molar-refractivity contribution is 6.62. The summed E-state index contributed by atoms with van der Waals surface area (Å²) in [6, 6.07) is 17.7. The van der Waals surface area contributed by atoms with E-state index in [1.807, 2.05) is 0 Å². The van der Waals surface area contributed by atoms with Crippen molar-refractivity contribution in [3.05, 3.63) is 71.1 Å². The molecule has 2 aromatic rings. The molecule has 0 nitrogen and oxygen atoms in total. The maximum Gasteiger partial charge on any atom is 0.0554 e. The minimum Gasteiger partial charge on any atom is -0.0976 e. The van der Waals surface area contributed by atoms with Crippen LogP contribution >= 0.6 is 0 Å². The predicted octanol–water partition coefficient (Wildman–Crippen LogP) is 5.43. The molecule has 0 amide bonds. The van der Waals surface area contributed by atoms with E-state index in [-0.39, 0.29) is 0 Å². The van der Waals surface area contributed by atoms with Crippen LogP contribution in [0.3, 0.4) is 0 Å². The molecule has 2 aromatic carbocycles. The molecule has 0 aliphatic carbocycles. The van der Waals surface area contributed by atoms with Gasteiger partial charge in [0.2, 0.25) is 0 Å². The molecule has 2 rings (SSSR count). The second-order valence-electron chi connectivity index (χ2n) is 6.45. The van der Waals surface area contributed by atoms with Crippen LogP contribution in [0.1, 0.15) is 11.1 Å². The zero-order valence-corrected chi connectivity index (χ0v) is 16.4. The molecule has 0 bridgehead atoms. The van der Waals surface area contributed by atoms with Crippen molar-refractivity contribution in [3.8, 4) is 11.1 Å². The van der Waals surface area contributed by atoms with E-state index in [0.717, 1.165) is 0 Å². The van der Waals surface area contributed by atoms with Gasteiger partial charge in [0.1, 0.15) is 0 Å². The summed E-state index contributed by atoms with van der Waals surface area (Å²) in [5.41, 5.74) is 9.90. The van der Waals surface area contributed by atoms with Crippen LogP contribution in [0.15, 0.2) is 59.9 Å². The molecule has 0 atom stereocenters. The molecule has 2 heteroatoms. The largest absolute Gasteiger partial charge is 0.0976 e. The Kier molecular flexibility index (Phi) is 6.16. The molecule has 0 saturated heterocycles. The fraction of sp³-hybridized carbons (Fsp3) is 0.200. The molecule has 0 aliphatic heterocycles. The van der Waals surface area contributed by atoms with Gasteiger partial charge in [0.15, 0.2) is 0 Å². The fourth-order valence-electron chi connectivity index (χ4n) is 2.18. The third-order valence-electron chi connectivity index (χ3n) is 3.50. The second-order valence-corrected chi connectivity index (χ2v) is 12.2. The summed E-state index contributed by atoms with van der Waals surface area (Å²) in [5.74, 6) is 0. The van der Waals surface area contributed by atoms with Gasteiger partial charge in [-0.1, -0.05) is 98.3 Å². The normalized spacial score (nSPS) is 12.1. The number of rotatable bonds is 5. The first-order chi connectivity index (χ1) is 10.5. The van der Waals surface area contributed by atoms with Gasteiger partial charge in [-0.3, -0.25) is 0 Å². The van der Waals surface area contributed by atoms with E-state index < -0.39 is 17.6 Å². The van der Waals surface area contributed by atoms with E-state index >= 15 is 0 Å². The van der Waals surface area contributed by atoms with Crippen LogP contribution in [0.25, 0.3) is 23.3 Å². The monoisotopic (exact) mass is 322 g/mol. The summed E-state index contributed by atoms with van der Waals surface area (Å²) in [7, 11) is -1.23. The summed E-state index contributed by atoms with van der Waals surface area (Å²) in [4.78, 5) is 0. The molecule has 22 heavy (non-hydrogen) atoms. The average Bonchev–Trinajstić information content (AvgIpc) is 2.52. The number of hydrogen-bond donors (Lipinski definition) is 0. The van der Waals surface area contributed by atoms with Gasteiger partial charge in [-0.05, 0) is 22.3 Å². The third-order valence-corrected chi connectivity index (χ3v) is 5.43. The van der Waals surface area contributed by atoms with Crippen molar-refractivity contribution in [2.24, 2.45) is 0 Å². The van der Waals surface area contributed by atoms with Crippen molar-refractivity contribution in [2.45, 2.75) is 26.2 Å². The third kappa shape index (κ3) is 5.28. The lowest BCUT2D eigenvalue weighted by molar-refractivity contribution is 1.59. The summed E-state index contributed by atoms with van der Waals surface area (Å²) in [5, 5.41) is 0. The van der Waals surface area contributed by atoms with Gasteiger partial charge in [-0.25, -0.2) is 0 Å². The summed E-state index contributed by atoms with van der Waals surface area (Å²) in [6.07, 6.45) is 4.51. The van der Waals surface area contributed by atoms with Crippen LogP contribution < -0.4 is 0 Å². The van der Waals surface area contributed by atoms with Crippen molar-refractivity contribution < 1.29 is 0 Å². The van der Waals surface area contributed by atoms with E-state index in [1.165, 1.54) is 22.3 Å². The lowest BCUT2D eigenvalue weighted by Gasteiger charge is -2.04. The van der Waals surface area contributed by atoms with Crippen molar-refractivity contribution in [2.75, 3.05) is 0 Å². The maximum atomic E-state index is 2.37. The molecule has 0 fully saturated rings. The van der Waals surface area contributed by atoms with Gasteiger partial charge in [0.05, 0.1) is 17.6 Å². The van der Waals surface area contributed by atoms with E-state index in [4.69, 9.17) is 0 Å². The molecular formula is C20H26Si2. The Morgan fingerprint density at radius 2 is 0.864 bits per heavy atom. The fourth-order valence-corrected chi connectivity index (χ4v) is 3.39. The molecule has 0 unspecified atom stereocenters. The van der Waals surface area contributed by atoms with E-state index in [2.05, 4.69) is 98.3 Å². The van der Waals surface area contributed by atoms with Crippen LogP contribution in [0.5, 0.6) is 0 Å². The minimum atomic E-state index is -0.617. The van der Waals surface area contributed by atoms with E-state index in [1.54, 1.807) is 0 Å². The highest BCUT2D eigenvalue weighted by Gasteiger charge is 1.98. The van der Waals surface area contributed by atoms with E-state index in [0.29, 0.717) is 0 Å². The van der Waals surface area contributed by atoms with Crippen LogP contribution in [-0.2, 0) is 0 Å². The predicted molar refractivity (Wildman–Crippen MR) is 108 cm³/mol. The first kappa shape index (κ1) is 16.7. The summed E-state index contributed by atoms with van der Waals surface area (Å²) in [6.45, 7) is 9.34. The van der Waals surface area contributed by atoms with Gasteiger partial charge >= 0.3 is 0 Å². The van der Waals surface area contributed by atoms with Gasteiger partial charge in [-0.2, -0.15) is 0 Å². The zero-order valence-electron chi connectivity index (χ0n) is 14.1. The summed E-state index contributed by atoms with van der Waals surface area (Å²) < 4.78 is 0. The molecule has 0 saturated carbocycles. The summed E-state index contributed by atoms with van der Waals surface area (Å²) >= 11 is 0. The molecule has 0 radical (unpaired) electrons. The zero-order chi connectivity index (χ0) is 15.9. The Morgan fingerprint density at radius 1 is 0.545 bits per heavy atom. The average molecular weight is 323 g/mol. The lowest BCUT2D eigenvalue weighted by Crippen LogP contribution is -1.92. The SMILES string of the molecule is C[SiH](C)C=Cc1ccc(-c2ccc(C=C[SiH](C)C)cc2)cc1. The number of benzene rings is 2. The molecule has 0 spiro atoms. The van der Waals surface area contributed by atoms with Crippen molar-refractivity contribution >= 4 is 29.7 Å². The Bertz CT molecular complexity index is 573. The van der Waals surface area contributed by atoms with Crippen molar-refractivity contribution in [3.63, 3.8) is 0 Å². The van der Waals surface area contributed by atoms with Gasteiger partial charge < -0.3 is 0 Å². The Balaban J connectivity index is 2.11. The van der Waals surface area contributed by atoms with Crippen LogP contribution in [0.4, 0.5) is 0 Å². The number of hydrogen-bond acceptors (Lipinski definition) is 0. The van der Waals surface area contributed by atoms with Gasteiger partial charge in [-0.15, -0.1) is 0 Å². The highest BCUT2D eigenvalue weighted by atomic mass is 28.3. The molecule has 0 N–H and O–H groups in total. The van der Waals surface area contributed by atoms with Gasteiger partial charge in [0.25, 0.3) is 0 Å². The molecule has 0 aliphatic rings. The minimum absolute atomic E-state index is 0.617. The molecule has 114 valence electrons. The lowest BCUT2D eigenvalue weighted by atomic mass is 10.0. The van der Waals surface area contributed by atoms with Gasteiger partial charge in [0, 0.05) is 0 Å². The molecule has 0 aromatic heterocycles. The van der Waals surface area contributed by atoms with Crippen molar-refractivity contribution in [1.29, 1.82) is 0 Å². The smallest absolute Gasteiger partial charge is 0.0554 e. The second kappa shape index (κ2) is 8.11. The Labute approximate surface area is 138 Å². The Hall–Kier alpha value is -1.65.